The van der Waals surface area contributed by atoms with Gasteiger partial charge in [-0.2, -0.15) is 0 Å². The summed E-state index contributed by atoms with van der Waals surface area (Å²) in [5.74, 6) is 1.15. The zero-order valence-corrected chi connectivity index (χ0v) is 18.4. The zero-order chi connectivity index (χ0) is 21.8. The maximum Gasteiger partial charge on any atom is 0.141 e. The van der Waals surface area contributed by atoms with E-state index in [1.54, 1.807) is 18.3 Å². The van der Waals surface area contributed by atoms with Crippen LogP contribution >= 0.6 is 11.6 Å². The Labute approximate surface area is 186 Å². The molecule has 1 saturated carbocycles. The number of aliphatic imine (C=N–C) groups is 1. The van der Waals surface area contributed by atoms with E-state index < -0.39 is 5.82 Å². The third kappa shape index (κ3) is 5.22. The minimum atomic E-state index is -0.470. The highest BCUT2D eigenvalue weighted by Crippen LogP contribution is 2.28. The van der Waals surface area contributed by atoms with Crippen molar-refractivity contribution in [3.8, 4) is 0 Å². The summed E-state index contributed by atoms with van der Waals surface area (Å²) < 4.78 is 13.5. The van der Waals surface area contributed by atoms with Crippen LogP contribution in [0.4, 0.5) is 10.2 Å². The third-order valence-electron chi connectivity index (χ3n) is 5.83. The number of fused-ring (bicyclic) bond motifs is 1. The van der Waals surface area contributed by atoms with E-state index in [1.807, 2.05) is 6.07 Å². The number of hydrogen-bond donors (Lipinski definition) is 2. The van der Waals surface area contributed by atoms with Gasteiger partial charge in [-0.3, -0.25) is 4.99 Å². The molecule has 1 aliphatic heterocycles. The Kier molecular flexibility index (Phi) is 6.83. The standard InChI is InChI=1S/C23H27ClFN5O/c1-2-30(16-5-6-16)11-3-9-26-22-14-18-17(8-10-27-23(18)28-22)21(29-31)13-15-4-7-20(25)19(24)12-15/h4,7-8,10,12,16,31H,2-3,5-6,9,11,13-14H2,1H3,(H,26,27,28)/b29-21+. The minimum Gasteiger partial charge on any atom is -0.411 e. The molecule has 0 spiro atoms. The van der Waals surface area contributed by atoms with Gasteiger partial charge in [0.25, 0.3) is 0 Å². The van der Waals surface area contributed by atoms with E-state index in [0.717, 1.165) is 60.4 Å². The van der Waals surface area contributed by atoms with Crippen molar-refractivity contribution in [1.82, 2.24) is 9.88 Å². The minimum absolute atomic E-state index is 0.0501. The Balaban J connectivity index is 1.42. The average molecular weight is 444 g/mol. The second kappa shape index (κ2) is 9.75. The predicted molar refractivity (Wildman–Crippen MR) is 122 cm³/mol. The molecule has 1 aliphatic carbocycles. The first kappa shape index (κ1) is 21.7. The number of nitrogens with zero attached hydrogens (tertiary/aromatic N) is 4. The van der Waals surface area contributed by atoms with Crippen LogP contribution < -0.4 is 5.32 Å². The van der Waals surface area contributed by atoms with Gasteiger partial charge in [-0.1, -0.05) is 29.7 Å². The van der Waals surface area contributed by atoms with Gasteiger partial charge in [0, 0.05) is 49.3 Å². The fourth-order valence-corrected chi connectivity index (χ4v) is 4.25. The van der Waals surface area contributed by atoms with Gasteiger partial charge in [0.2, 0.25) is 0 Å². The van der Waals surface area contributed by atoms with E-state index in [1.165, 1.54) is 18.9 Å². The van der Waals surface area contributed by atoms with Gasteiger partial charge < -0.3 is 15.4 Å². The maximum absolute atomic E-state index is 13.5. The SMILES string of the molecule is CCN(CCCN=C1Cc2c(/C(Cc3ccc(F)c(Cl)c3)=N/O)ccnc2N1)C1CC1. The molecule has 0 amide bonds. The van der Waals surface area contributed by atoms with Gasteiger partial charge in [-0.15, -0.1) is 0 Å². The van der Waals surface area contributed by atoms with Crippen LogP contribution in [0.1, 0.15) is 42.9 Å². The summed E-state index contributed by atoms with van der Waals surface area (Å²) >= 11 is 5.89. The van der Waals surface area contributed by atoms with Gasteiger partial charge in [-0.05, 0) is 49.6 Å². The Morgan fingerprint density at radius 3 is 2.90 bits per heavy atom. The van der Waals surface area contributed by atoms with Crippen molar-refractivity contribution in [3.63, 3.8) is 0 Å². The number of anilines is 1. The van der Waals surface area contributed by atoms with Crippen molar-refractivity contribution in [3.05, 3.63) is 58.0 Å². The number of benzene rings is 1. The third-order valence-corrected chi connectivity index (χ3v) is 6.12. The van der Waals surface area contributed by atoms with Gasteiger partial charge in [0.05, 0.1) is 10.7 Å². The molecule has 1 aromatic carbocycles. The molecule has 2 heterocycles. The van der Waals surface area contributed by atoms with Crippen LogP contribution in [-0.4, -0.2) is 52.3 Å². The number of halogens is 2. The van der Waals surface area contributed by atoms with E-state index in [-0.39, 0.29) is 5.02 Å². The zero-order valence-electron chi connectivity index (χ0n) is 17.6. The van der Waals surface area contributed by atoms with Crippen LogP contribution in [0, 0.1) is 5.82 Å². The van der Waals surface area contributed by atoms with Crippen molar-refractivity contribution in [2.24, 2.45) is 10.1 Å². The summed E-state index contributed by atoms with van der Waals surface area (Å²) in [4.78, 5) is 11.7. The number of nitrogens with one attached hydrogen (secondary N) is 1. The molecule has 2 aromatic rings. The first-order chi connectivity index (χ1) is 15.1. The largest absolute Gasteiger partial charge is 0.411 e. The first-order valence-electron chi connectivity index (χ1n) is 10.8. The number of amidine groups is 1. The van der Waals surface area contributed by atoms with E-state index in [0.29, 0.717) is 18.6 Å². The molecule has 0 atom stereocenters. The number of rotatable bonds is 9. The molecule has 0 unspecified atom stereocenters. The van der Waals surface area contributed by atoms with Crippen LogP contribution in [0.3, 0.4) is 0 Å². The number of hydrogen-bond acceptors (Lipinski definition) is 5. The van der Waals surface area contributed by atoms with E-state index in [4.69, 9.17) is 16.6 Å². The topological polar surface area (TPSA) is 73.1 Å². The van der Waals surface area contributed by atoms with E-state index in [2.05, 4.69) is 27.3 Å². The van der Waals surface area contributed by atoms with Crippen molar-refractivity contribution in [1.29, 1.82) is 0 Å². The summed E-state index contributed by atoms with van der Waals surface area (Å²) in [5, 5.41) is 16.5. The summed E-state index contributed by atoms with van der Waals surface area (Å²) in [5.41, 5.74) is 3.00. The summed E-state index contributed by atoms with van der Waals surface area (Å²) in [6.45, 7) is 5.16. The van der Waals surface area contributed by atoms with E-state index >= 15 is 0 Å². The quantitative estimate of drug-likeness (QED) is 0.258. The van der Waals surface area contributed by atoms with Gasteiger partial charge in [0.15, 0.2) is 0 Å². The van der Waals surface area contributed by atoms with Gasteiger partial charge >= 0.3 is 0 Å². The molecule has 0 bridgehead atoms. The molecule has 1 aromatic heterocycles. The van der Waals surface area contributed by atoms with Crippen molar-refractivity contribution in [2.75, 3.05) is 25.0 Å². The van der Waals surface area contributed by atoms with Crippen LogP contribution in [0.15, 0.2) is 40.6 Å². The van der Waals surface area contributed by atoms with Gasteiger partial charge in [0.1, 0.15) is 17.5 Å². The Morgan fingerprint density at radius 2 is 2.19 bits per heavy atom. The van der Waals surface area contributed by atoms with Crippen molar-refractivity contribution in [2.45, 2.75) is 45.1 Å². The van der Waals surface area contributed by atoms with Gasteiger partial charge in [-0.25, -0.2) is 9.37 Å². The second-order valence-electron chi connectivity index (χ2n) is 8.00. The molecular weight excluding hydrogens is 417 g/mol. The molecule has 8 heteroatoms. The summed E-state index contributed by atoms with van der Waals surface area (Å²) in [6, 6.07) is 7.12. The lowest BCUT2D eigenvalue weighted by Crippen LogP contribution is -2.27. The Bertz CT molecular complexity index is 1010. The molecule has 6 nitrogen and oxygen atoms in total. The molecule has 0 saturated heterocycles. The molecule has 4 rings (SSSR count). The summed E-state index contributed by atoms with van der Waals surface area (Å²) in [7, 11) is 0. The van der Waals surface area contributed by atoms with E-state index in [9.17, 15) is 9.60 Å². The first-order valence-corrected chi connectivity index (χ1v) is 11.1. The number of oxime groups is 1. The molecule has 0 radical (unpaired) electrons. The molecule has 164 valence electrons. The second-order valence-corrected chi connectivity index (χ2v) is 8.41. The fraction of sp³-hybridized carbons (Fsp3) is 0.435. The lowest BCUT2D eigenvalue weighted by Gasteiger charge is -2.18. The molecular formula is C23H27ClFN5O. The smallest absolute Gasteiger partial charge is 0.141 e. The van der Waals surface area contributed by atoms with Crippen molar-refractivity contribution < 1.29 is 9.60 Å². The van der Waals surface area contributed by atoms with Crippen LogP contribution in [0.2, 0.25) is 5.02 Å². The number of pyridine rings is 1. The average Bonchev–Trinajstić information content (AvgIpc) is 3.52. The highest BCUT2D eigenvalue weighted by molar-refractivity contribution is 6.30. The highest BCUT2D eigenvalue weighted by atomic mass is 35.5. The summed E-state index contributed by atoms with van der Waals surface area (Å²) in [6.07, 6.45) is 6.30. The molecule has 1 fully saturated rings. The molecule has 31 heavy (non-hydrogen) atoms. The monoisotopic (exact) mass is 443 g/mol. The lowest BCUT2D eigenvalue weighted by molar-refractivity contribution is 0.276. The van der Waals surface area contributed by atoms with Crippen LogP contribution in [0.25, 0.3) is 0 Å². The normalized spacial score (nSPS) is 17.3. The fourth-order valence-electron chi connectivity index (χ4n) is 4.05. The highest BCUT2D eigenvalue weighted by Gasteiger charge is 2.27. The Morgan fingerprint density at radius 1 is 1.35 bits per heavy atom. The lowest BCUT2D eigenvalue weighted by atomic mass is 9.98. The van der Waals surface area contributed by atoms with Crippen LogP contribution in [-0.2, 0) is 12.8 Å². The Hall–Kier alpha value is -2.51. The van der Waals surface area contributed by atoms with Crippen molar-refractivity contribution >= 4 is 29.0 Å². The maximum atomic E-state index is 13.5. The molecule has 2 aliphatic rings. The van der Waals surface area contributed by atoms with Crippen LogP contribution in [0.5, 0.6) is 0 Å². The molecule has 2 N–H and O–H groups in total. The number of aromatic nitrogens is 1. The predicted octanol–water partition coefficient (Wildman–Crippen LogP) is 4.54.